The third-order valence-corrected chi connectivity index (χ3v) is 5.98. The van der Waals surface area contributed by atoms with E-state index in [-0.39, 0.29) is 5.92 Å². The van der Waals surface area contributed by atoms with Crippen molar-refractivity contribution in [3.05, 3.63) is 53.9 Å². The molecule has 3 aromatic rings. The van der Waals surface area contributed by atoms with Gasteiger partial charge in [0.05, 0.1) is 34.1 Å². The molecule has 0 aliphatic carbocycles. The maximum atomic E-state index is 5.58. The van der Waals surface area contributed by atoms with Crippen LogP contribution >= 0.6 is 0 Å². The average Bonchev–Trinajstić information content (AvgIpc) is 2.84. The Labute approximate surface area is 190 Å². The Kier molecular flexibility index (Phi) is 8.17. The molecule has 0 spiro atoms. The van der Waals surface area contributed by atoms with Crippen molar-refractivity contribution >= 4 is 10.8 Å². The minimum atomic E-state index is 0.0631. The smallest absolute Gasteiger partial charge is 0.161 e. The molecule has 3 rings (SSSR count). The van der Waals surface area contributed by atoms with Crippen LogP contribution in [0.5, 0.6) is 23.0 Å². The molecule has 0 bridgehead atoms. The van der Waals surface area contributed by atoms with E-state index >= 15 is 0 Å². The Morgan fingerprint density at radius 3 is 2.16 bits per heavy atom. The fourth-order valence-corrected chi connectivity index (χ4v) is 3.95. The summed E-state index contributed by atoms with van der Waals surface area (Å²) in [7, 11) is 6.62. The van der Waals surface area contributed by atoms with Crippen LogP contribution in [0.4, 0.5) is 0 Å². The SMILES string of the molecule is CCC(C)NCCC(c1ccc(OC)c(OC)c1)c1nccc2cc(OC)c(OC)cc12. The molecule has 0 aliphatic heterocycles. The third kappa shape index (κ3) is 5.07. The number of rotatable bonds is 11. The van der Waals surface area contributed by atoms with Crippen molar-refractivity contribution in [3.8, 4) is 23.0 Å². The highest BCUT2D eigenvalue weighted by atomic mass is 16.5. The van der Waals surface area contributed by atoms with Gasteiger partial charge in [0.15, 0.2) is 23.0 Å². The molecule has 6 heteroatoms. The van der Waals surface area contributed by atoms with Gasteiger partial charge in [0.25, 0.3) is 0 Å². The van der Waals surface area contributed by atoms with Crippen molar-refractivity contribution in [2.45, 2.75) is 38.6 Å². The van der Waals surface area contributed by atoms with Crippen LogP contribution in [0.2, 0.25) is 0 Å². The molecular formula is C26H34N2O4. The van der Waals surface area contributed by atoms with E-state index in [0.29, 0.717) is 29.0 Å². The van der Waals surface area contributed by atoms with E-state index in [9.17, 15) is 0 Å². The summed E-state index contributed by atoms with van der Waals surface area (Å²) in [4.78, 5) is 4.83. The summed E-state index contributed by atoms with van der Waals surface area (Å²) < 4.78 is 22.1. The Morgan fingerprint density at radius 2 is 1.50 bits per heavy atom. The van der Waals surface area contributed by atoms with Gasteiger partial charge in [0.1, 0.15) is 0 Å². The largest absolute Gasteiger partial charge is 0.493 e. The lowest BCUT2D eigenvalue weighted by Crippen LogP contribution is -2.27. The standard InChI is InChI=1S/C26H34N2O4/c1-7-17(2)27-13-11-20(18-8-9-22(29-3)23(14-18)30-4)26-21-16-25(32-6)24(31-5)15-19(21)10-12-28-26/h8-10,12,14-17,20,27H,7,11,13H2,1-6H3. The van der Waals surface area contributed by atoms with Crippen LogP contribution in [0.1, 0.15) is 43.9 Å². The van der Waals surface area contributed by atoms with E-state index in [2.05, 4.69) is 25.2 Å². The van der Waals surface area contributed by atoms with Gasteiger partial charge < -0.3 is 24.3 Å². The first-order valence-corrected chi connectivity index (χ1v) is 11.0. The van der Waals surface area contributed by atoms with E-state index in [0.717, 1.165) is 41.4 Å². The second-order valence-corrected chi connectivity index (χ2v) is 7.84. The van der Waals surface area contributed by atoms with Crippen LogP contribution in [0, 0.1) is 0 Å². The first-order valence-electron chi connectivity index (χ1n) is 11.0. The summed E-state index contributed by atoms with van der Waals surface area (Å²) >= 11 is 0. The molecule has 1 heterocycles. The molecule has 2 unspecified atom stereocenters. The van der Waals surface area contributed by atoms with Crippen LogP contribution in [0.25, 0.3) is 10.8 Å². The number of nitrogens with zero attached hydrogens (tertiary/aromatic N) is 1. The molecule has 32 heavy (non-hydrogen) atoms. The molecule has 0 amide bonds. The van der Waals surface area contributed by atoms with Crippen molar-refractivity contribution in [2.75, 3.05) is 35.0 Å². The van der Waals surface area contributed by atoms with Crippen LogP contribution in [0.15, 0.2) is 42.6 Å². The van der Waals surface area contributed by atoms with Crippen molar-refractivity contribution < 1.29 is 18.9 Å². The Bertz CT molecular complexity index is 1040. The monoisotopic (exact) mass is 438 g/mol. The molecule has 6 nitrogen and oxygen atoms in total. The zero-order chi connectivity index (χ0) is 23.1. The molecule has 2 atom stereocenters. The van der Waals surface area contributed by atoms with Gasteiger partial charge in [-0.15, -0.1) is 0 Å². The molecule has 0 fully saturated rings. The number of benzene rings is 2. The highest BCUT2D eigenvalue weighted by Crippen LogP contribution is 2.39. The molecule has 1 aromatic heterocycles. The maximum Gasteiger partial charge on any atom is 0.161 e. The molecule has 0 radical (unpaired) electrons. The van der Waals surface area contributed by atoms with Gasteiger partial charge in [-0.1, -0.05) is 13.0 Å². The van der Waals surface area contributed by atoms with Gasteiger partial charge in [-0.2, -0.15) is 0 Å². The molecule has 0 saturated heterocycles. The van der Waals surface area contributed by atoms with Gasteiger partial charge in [-0.3, -0.25) is 4.98 Å². The van der Waals surface area contributed by atoms with Gasteiger partial charge in [0, 0.05) is 23.5 Å². The number of hydrogen-bond acceptors (Lipinski definition) is 6. The minimum Gasteiger partial charge on any atom is -0.493 e. The Balaban J connectivity index is 2.11. The summed E-state index contributed by atoms with van der Waals surface area (Å²) in [6.45, 7) is 5.27. The van der Waals surface area contributed by atoms with Crippen molar-refractivity contribution in [3.63, 3.8) is 0 Å². The molecule has 172 valence electrons. The van der Waals surface area contributed by atoms with Gasteiger partial charge >= 0.3 is 0 Å². The van der Waals surface area contributed by atoms with Crippen LogP contribution < -0.4 is 24.3 Å². The topological polar surface area (TPSA) is 61.8 Å². The van der Waals surface area contributed by atoms with Crippen molar-refractivity contribution in [1.82, 2.24) is 10.3 Å². The van der Waals surface area contributed by atoms with E-state index in [1.165, 1.54) is 0 Å². The van der Waals surface area contributed by atoms with Crippen LogP contribution in [0.3, 0.4) is 0 Å². The summed E-state index contributed by atoms with van der Waals surface area (Å²) in [5.74, 6) is 2.89. The van der Waals surface area contributed by atoms with Gasteiger partial charge in [-0.05, 0) is 67.6 Å². The van der Waals surface area contributed by atoms with E-state index in [4.69, 9.17) is 23.9 Å². The molecule has 0 saturated carbocycles. The number of aromatic nitrogens is 1. The Morgan fingerprint density at radius 1 is 0.844 bits per heavy atom. The average molecular weight is 439 g/mol. The fourth-order valence-electron chi connectivity index (χ4n) is 3.95. The predicted octanol–water partition coefficient (Wildman–Crippen LogP) is 5.18. The first kappa shape index (κ1) is 23.7. The lowest BCUT2D eigenvalue weighted by atomic mass is 9.88. The minimum absolute atomic E-state index is 0.0631. The maximum absolute atomic E-state index is 5.58. The lowest BCUT2D eigenvalue weighted by molar-refractivity contribution is 0.354. The third-order valence-electron chi connectivity index (χ3n) is 5.98. The highest BCUT2D eigenvalue weighted by Gasteiger charge is 2.21. The highest BCUT2D eigenvalue weighted by molar-refractivity contribution is 5.88. The normalized spacial score (nSPS) is 12.9. The number of pyridine rings is 1. The number of fused-ring (bicyclic) bond motifs is 1. The number of nitrogens with one attached hydrogen (secondary N) is 1. The van der Waals surface area contributed by atoms with Crippen LogP contribution in [-0.2, 0) is 0 Å². The number of ether oxygens (including phenoxy) is 4. The number of hydrogen-bond donors (Lipinski definition) is 1. The predicted molar refractivity (Wildman–Crippen MR) is 129 cm³/mol. The van der Waals surface area contributed by atoms with Crippen molar-refractivity contribution in [1.29, 1.82) is 0 Å². The lowest BCUT2D eigenvalue weighted by Gasteiger charge is -2.22. The van der Waals surface area contributed by atoms with E-state index in [1.807, 2.05) is 36.5 Å². The summed E-state index contributed by atoms with van der Waals surface area (Å²) in [5, 5.41) is 5.73. The first-order chi connectivity index (χ1) is 15.6. The second-order valence-electron chi connectivity index (χ2n) is 7.84. The van der Waals surface area contributed by atoms with E-state index in [1.54, 1.807) is 28.4 Å². The zero-order valence-electron chi connectivity index (χ0n) is 19.9. The van der Waals surface area contributed by atoms with Gasteiger partial charge in [0.2, 0.25) is 0 Å². The second kappa shape index (κ2) is 11.0. The molecule has 2 aromatic carbocycles. The fraction of sp³-hybridized carbons (Fsp3) is 0.423. The summed E-state index contributed by atoms with van der Waals surface area (Å²) in [6, 6.07) is 12.6. The molecule has 1 N–H and O–H groups in total. The van der Waals surface area contributed by atoms with E-state index < -0.39 is 0 Å². The Hall–Kier alpha value is -2.99. The molecular weight excluding hydrogens is 404 g/mol. The van der Waals surface area contributed by atoms with Crippen LogP contribution in [-0.4, -0.2) is 46.0 Å². The molecule has 0 aliphatic rings. The zero-order valence-corrected chi connectivity index (χ0v) is 19.9. The quantitative estimate of drug-likeness (QED) is 0.445. The van der Waals surface area contributed by atoms with Crippen molar-refractivity contribution in [2.24, 2.45) is 0 Å². The number of methoxy groups -OCH3 is 4. The van der Waals surface area contributed by atoms with Gasteiger partial charge in [-0.25, -0.2) is 0 Å². The summed E-state index contributed by atoms with van der Waals surface area (Å²) in [6.07, 6.45) is 3.84. The summed E-state index contributed by atoms with van der Waals surface area (Å²) in [5.41, 5.74) is 2.13.